The van der Waals surface area contributed by atoms with Gasteiger partial charge in [0.2, 0.25) is 0 Å². The standard InChI is InChI=1S/C23H4F37NO3S/c24-7(25,9(28,29)11(32,33)13(36,37)15(40,41)17(44,45)19(48,49)21(52,53)54)4-1-5(3-6(2-4)61-64-65(62,63)23(58,59)60)8(26,27)10(30,31)12(34,35)14(38,39)16(42,43)18(46,47)20(50,51)22(55,56)57/h1-3,61H/q+1/p+1. The number of alkyl halides is 37. The monoisotopic (exact) mass is 1080 g/mol. The third kappa shape index (κ3) is 7.99. The molecule has 1 unspecified atom stereocenters. The fourth-order valence-corrected chi connectivity index (χ4v) is 4.29. The molecule has 0 bridgehead atoms. The van der Waals surface area contributed by atoms with Gasteiger partial charge in [0.05, 0.1) is 8.84 Å². The summed E-state index contributed by atoms with van der Waals surface area (Å²) in [7, 11) is -7.60. The minimum Gasteiger partial charge on any atom is -0.194 e. The first-order valence-corrected chi connectivity index (χ1v) is 15.4. The van der Waals surface area contributed by atoms with E-state index in [-0.39, 0.29) is 0 Å². The fourth-order valence-electron chi connectivity index (χ4n) is 3.95. The Kier molecular flexibility index (Phi) is 14.1. The molecule has 65 heavy (non-hydrogen) atoms. The molecule has 0 aliphatic rings. The van der Waals surface area contributed by atoms with Crippen molar-refractivity contribution >= 4 is 16.2 Å². The number of nitrogens with two attached hydrogens (primary N) is 1. The molecule has 0 aromatic heterocycles. The van der Waals surface area contributed by atoms with Gasteiger partial charge in [-0.3, -0.25) is 0 Å². The number of benzene rings is 1. The maximum atomic E-state index is 15.0. The fraction of sp³-hybridized carbons (Fsp3) is 0.739. The van der Waals surface area contributed by atoms with Crippen LogP contribution in [0.5, 0.6) is 0 Å². The SMILES string of the molecule is [O][S+](=O)(O[NH2+]c1cc(C(F)(F)C(F)(F)C(F)(F)C(F)(F)C(F)(F)C(F)(F)C(F)(F)C(F)(F)F)cc(C(F)(F)C(F)(F)C(F)(F)C(F)(F)C(F)(F)C(F)(F)C(F)(F)C(F)(F)F)c1)C(F)(F)F. The molecule has 1 rings (SSSR count). The molecular weight excluding hydrogens is 1070 g/mol. The Morgan fingerprint density at radius 1 is 0.323 bits per heavy atom. The molecule has 4 nitrogen and oxygen atoms in total. The van der Waals surface area contributed by atoms with E-state index in [1.54, 1.807) is 0 Å². The van der Waals surface area contributed by atoms with Crippen molar-refractivity contribution in [3.8, 4) is 0 Å². The number of hydrogen-bond donors (Lipinski definition) is 1. The molecular formula is C23H5F37NO3S+2. The maximum Gasteiger partial charge on any atom is 0.651 e. The molecule has 2 N–H and O–H groups in total. The van der Waals surface area contributed by atoms with Crippen LogP contribution >= 0.6 is 0 Å². The minimum absolute atomic E-state index is 1.86. The zero-order valence-corrected chi connectivity index (χ0v) is 28.7. The zero-order chi connectivity index (χ0) is 53.3. The van der Waals surface area contributed by atoms with E-state index >= 15 is 0 Å². The van der Waals surface area contributed by atoms with Crippen molar-refractivity contribution < 1.29 is 181 Å². The Morgan fingerprint density at radius 3 is 0.723 bits per heavy atom. The van der Waals surface area contributed by atoms with E-state index in [1.807, 2.05) is 0 Å². The van der Waals surface area contributed by atoms with Crippen LogP contribution in [0.2, 0.25) is 0 Å². The van der Waals surface area contributed by atoms with Crippen molar-refractivity contribution in [3.05, 3.63) is 29.3 Å². The van der Waals surface area contributed by atoms with Gasteiger partial charge in [0.15, 0.2) is 5.69 Å². The van der Waals surface area contributed by atoms with Gasteiger partial charge in [-0.1, -0.05) is 0 Å². The summed E-state index contributed by atoms with van der Waals surface area (Å²) in [6.07, 6.45) is -16.7. The Balaban J connectivity index is 4.46. The van der Waals surface area contributed by atoms with Crippen LogP contribution in [0, 0.1) is 0 Å². The lowest BCUT2D eigenvalue weighted by molar-refractivity contribution is -0.798. The molecule has 0 saturated carbocycles. The van der Waals surface area contributed by atoms with E-state index in [4.69, 9.17) is 0 Å². The summed E-state index contributed by atoms with van der Waals surface area (Å²) in [6.45, 7) is 0. The Morgan fingerprint density at radius 2 is 0.523 bits per heavy atom. The van der Waals surface area contributed by atoms with E-state index in [1.165, 1.54) is 0 Å². The average Bonchev–Trinajstić information content (AvgIpc) is 3.07. The summed E-state index contributed by atoms with van der Waals surface area (Å²) in [6, 6.07) is -6.36. The van der Waals surface area contributed by atoms with E-state index in [0.717, 1.165) is 0 Å². The minimum atomic E-state index is -9.61. The molecule has 0 spiro atoms. The molecule has 1 radical (unpaired) electrons. The van der Waals surface area contributed by atoms with Crippen molar-refractivity contribution in [3.63, 3.8) is 0 Å². The van der Waals surface area contributed by atoms with Gasteiger partial charge in [-0.15, -0.1) is 18.7 Å². The van der Waals surface area contributed by atoms with Gasteiger partial charge < -0.3 is 0 Å². The highest BCUT2D eigenvalue weighted by Crippen LogP contribution is 2.67. The first-order chi connectivity index (χ1) is 27.5. The van der Waals surface area contributed by atoms with Crippen molar-refractivity contribution in [2.75, 3.05) is 0 Å². The van der Waals surface area contributed by atoms with Gasteiger partial charge in [-0.05, 0) is 10.3 Å². The first kappa shape index (κ1) is 59.7. The topological polar surface area (TPSA) is 62.8 Å². The number of hydrogen-bond acceptors (Lipinski definition) is 2. The van der Waals surface area contributed by atoms with Crippen LogP contribution in [-0.2, 0) is 35.4 Å². The molecule has 0 saturated heterocycles. The normalized spacial score (nSPS) is 17.4. The smallest absolute Gasteiger partial charge is 0.194 e. The van der Waals surface area contributed by atoms with Gasteiger partial charge in [-0.2, -0.15) is 149 Å². The van der Waals surface area contributed by atoms with E-state index < -0.39 is 152 Å². The van der Waals surface area contributed by atoms with Crippen molar-refractivity contribution in [1.82, 2.24) is 0 Å². The van der Waals surface area contributed by atoms with E-state index in [0.29, 0.717) is 0 Å². The van der Waals surface area contributed by atoms with E-state index in [9.17, 15) is 171 Å². The van der Waals surface area contributed by atoms with Crippen molar-refractivity contribution in [1.29, 1.82) is 0 Å². The largest absolute Gasteiger partial charge is 0.651 e. The molecule has 383 valence electrons. The lowest BCUT2D eigenvalue weighted by atomic mass is 9.85. The van der Waals surface area contributed by atoms with Crippen LogP contribution in [0.15, 0.2) is 18.2 Å². The van der Waals surface area contributed by atoms with Crippen LogP contribution < -0.4 is 5.48 Å². The van der Waals surface area contributed by atoms with Crippen LogP contribution in [0.25, 0.3) is 0 Å². The van der Waals surface area contributed by atoms with Crippen LogP contribution in [-0.4, -0.2) is 88.9 Å². The van der Waals surface area contributed by atoms with Gasteiger partial charge in [0.1, 0.15) is 0 Å². The molecule has 0 aliphatic heterocycles. The molecule has 0 aliphatic carbocycles. The molecule has 0 fully saturated rings. The van der Waals surface area contributed by atoms with Crippen LogP contribution in [0.3, 0.4) is 0 Å². The summed E-state index contributed by atoms with van der Waals surface area (Å²) in [5.74, 6) is -129. The number of quaternary nitrogens is 1. The van der Waals surface area contributed by atoms with Crippen LogP contribution in [0.4, 0.5) is 168 Å². The maximum absolute atomic E-state index is 15.0. The summed E-state index contributed by atoms with van der Waals surface area (Å²) in [5.41, 5.74) is -21.0. The quantitative estimate of drug-likeness (QED) is 0.0731. The highest BCUT2D eigenvalue weighted by atomic mass is 32.3. The highest BCUT2D eigenvalue weighted by Gasteiger charge is 2.97. The molecule has 42 heteroatoms. The second-order valence-corrected chi connectivity index (χ2v) is 13.6. The highest BCUT2D eigenvalue weighted by molar-refractivity contribution is 7.93. The Labute approximate surface area is 328 Å². The third-order valence-electron chi connectivity index (χ3n) is 7.72. The Bertz CT molecular complexity index is 1840. The first-order valence-electron chi connectivity index (χ1n) is 14.0. The predicted octanol–water partition coefficient (Wildman–Crippen LogP) is 12.0. The summed E-state index contributed by atoms with van der Waals surface area (Å²) in [4.78, 5) is 0. The van der Waals surface area contributed by atoms with Gasteiger partial charge in [0.25, 0.3) is 0 Å². The van der Waals surface area contributed by atoms with Crippen molar-refractivity contribution in [2.24, 2.45) is 0 Å². The summed E-state index contributed by atoms with van der Waals surface area (Å²) < 4.78 is 529. The molecule has 0 heterocycles. The second kappa shape index (κ2) is 15.3. The number of halogens is 37. The zero-order valence-electron chi connectivity index (χ0n) is 27.9. The summed E-state index contributed by atoms with van der Waals surface area (Å²) in [5, 5.41) is 0. The van der Waals surface area contributed by atoms with Gasteiger partial charge in [-0.25, -0.2) is 0 Å². The van der Waals surface area contributed by atoms with Crippen molar-refractivity contribution in [2.45, 2.75) is 101 Å². The molecule has 0 amide bonds. The second-order valence-electron chi connectivity index (χ2n) is 12.0. The lowest BCUT2D eigenvalue weighted by Crippen LogP contribution is -2.79. The van der Waals surface area contributed by atoms with Crippen LogP contribution in [0.1, 0.15) is 11.1 Å². The lowest BCUT2D eigenvalue weighted by Gasteiger charge is -2.43. The molecule has 1 aromatic carbocycles. The summed E-state index contributed by atoms with van der Waals surface area (Å²) >= 11 is 0. The van der Waals surface area contributed by atoms with E-state index in [2.05, 4.69) is 4.28 Å². The van der Waals surface area contributed by atoms with Gasteiger partial charge in [0, 0.05) is 23.3 Å². The van der Waals surface area contributed by atoms with Gasteiger partial charge >= 0.3 is 111 Å². The molecule has 1 aromatic rings. The third-order valence-corrected chi connectivity index (χ3v) is 8.64. The predicted molar refractivity (Wildman–Crippen MR) is 123 cm³/mol. The molecule has 1 atom stereocenters. The Hall–Kier alpha value is -3.34. The number of rotatable bonds is 17. The average molecular weight is 1080 g/mol.